The van der Waals surface area contributed by atoms with E-state index in [-0.39, 0.29) is 24.7 Å². The van der Waals surface area contributed by atoms with Gasteiger partial charge < -0.3 is 23.7 Å². The SMILES string of the molecule is C#CCOC(=O)Oc1ccc(Oc2ccc(OC(=O)OCC#C)cc2)cc1. The van der Waals surface area contributed by atoms with Crippen LogP contribution in [0.15, 0.2) is 48.5 Å². The quantitative estimate of drug-likeness (QED) is 0.437. The molecule has 2 rings (SSSR count). The van der Waals surface area contributed by atoms with Crippen molar-refractivity contribution in [2.24, 2.45) is 0 Å². The highest BCUT2D eigenvalue weighted by Gasteiger charge is 2.07. The molecule has 0 spiro atoms. The average molecular weight is 366 g/mol. The summed E-state index contributed by atoms with van der Waals surface area (Å²) in [6.07, 6.45) is 8.18. The van der Waals surface area contributed by atoms with Gasteiger partial charge in [-0.2, -0.15) is 0 Å². The Morgan fingerprint density at radius 2 is 1.00 bits per heavy atom. The molecular formula is C20H14O7. The van der Waals surface area contributed by atoms with Gasteiger partial charge >= 0.3 is 12.3 Å². The van der Waals surface area contributed by atoms with Gasteiger partial charge in [0.25, 0.3) is 0 Å². The molecule has 0 aliphatic rings. The van der Waals surface area contributed by atoms with Crippen LogP contribution in [0.2, 0.25) is 0 Å². The number of carbonyl (C=O) groups is 2. The molecule has 0 bridgehead atoms. The van der Waals surface area contributed by atoms with Gasteiger partial charge in [0, 0.05) is 0 Å². The summed E-state index contributed by atoms with van der Waals surface area (Å²) in [4.78, 5) is 22.6. The first-order valence-corrected chi connectivity index (χ1v) is 7.55. The van der Waals surface area contributed by atoms with Crippen molar-refractivity contribution in [1.82, 2.24) is 0 Å². The lowest BCUT2D eigenvalue weighted by molar-refractivity contribution is 0.110. The molecule has 0 heterocycles. The van der Waals surface area contributed by atoms with E-state index in [1.807, 2.05) is 0 Å². The summed E-state index contributed by atoms with van der Waals surface area (Å²) in [7, 11) is 0. The molecule has 0 aliphatic carbocycles. The lowest BCUT2D eigenvalue weighted by Gasteiger charge is -2.08. The van der Waals surface area contributed by atoms with Crippen LogP contribution in [0, 0.1) is 24.7 Å². The molecule has 0 unspecified atom stereocenters. The van der Waals surface area contributed by atoms with Crippen molar-refractivity contribution in [3.8, 4) is 47.7 Å². The molecule has 0 fully saturated rings. The molecule has 0 aliphatic heterocycles. The molecule has 0 aromatic heterocycles. The molecule has 27 heavy (non-hydrogen) atoms. The highest BCUT2D eigenvalue weighted by atomic mass is 16.7. The van der Waals surface area contributed by atoms with Crippen LogP contribution in [0.5, 0.6) is 23.0 Å². The van der Waals surface area contributed by atoms with Crippen molar-refractivity contribution in [2.45, 2.75) is 0 Å². The molecule has 0 amide bonds. The minimum atomic E-state index is -0.891. The summed E-state index contributed by atoms with van der Waals surface area (Å²) in [5.41, 5.74) is 0. The summed E-state index contributed by atoms with van der Waals surface area (Å²) in [6.45, 7) is -0.331. The van der Waals surface area contributed by atoms with Crippen LogP contribution in [0.1, 0.15) is 0 Å². The van der Waals surface area contributed by atoms with Crippen molar-refractivity contribution in [1.29, 1.82) is 0 Å². The average Bonchev–Trinajstić information content (AvgIpc) is 2.68. The standard InChI is InChI=1S/C20H14O7/c1-3-13-23-19(21)26-17-9-5-15(6-10-17)25-16-7-11-18(12-8-16)27-20(22)24-14-4-2/h1-2,5-12H,13-14H2. The number of rotatable bonds is 6. The number of benzene rings is 2. The van der Waals surface area contributed by atoms with Crippen molar-refractivity contribution >= 4 is 12.3 Å². The van der Waals surface area contributed by atoms with E-state index in [9.17, 15) is 9.59 Å². The van der Waals surface area contributed by atoms with Gasteiger partial charge in [-0.1, -0.05) is 11.8 Å². The third kappa shape index (κ3) is 6.73. The monoisotopic (exact) mass is 366 g/mol. The van der Waals surface area contributed by atoms with Gasteiger partial charge in [0.2, 0.25) is 0 Å². The second-order valence-corrected chi connectivity index (χ2v) is 4.73. The van der Waals surface area contributed by atoms with E-state index in [2.05, 4.69) is 21.3 Å². The van der Waals surface area contributed by atoms with Crippen molar-refractivity contribution in [2.75, 3.05) is 13.2 Å². The Balaban J connectivity index is 1.88. The van der Waals surface area contributed by atoms with E-state index in [1.54, 1.807) is 24.3 Å². The first-order valence-electron chi connectivity index (χ1n) is 7.55. The van der Waals surface area contributed by atoms with E-state index in [4.69, 9.17) is 27.1 Å². The number of hydrogen-bond acceptors (Lipinski definition) is 7. The van der Waals surface area contributed by atoms with E-state index in [0.29, 0.717) is 11.5 Å². The Hall–Kier alpha value is -4.10. The van der Waals surface area contributed by atoms with Crippen LogP contribution in [0.4, 0.5) is 9.59 Å². The maximum absolute atomic E-state index is 11.3. The van der Waals surface area contributed by atoms with E-state index in [1.165, 1.54) is 24.3 Å². The highest BCUT2D eigenvalue weighted by Crippen LogP contribution is 2.26. The third-order valence-corrected chi connectivity index (χ3v) is 2.83. The third-order valence-electron chi connectivity index (χ3n) is 2.83. The molecule has 2 aromatic carbocycles. The second kappa shape index (κ2) is 10.0. The second-order valence-electron chi connectivity index (χ2n) is 4.73. The predicted molar refractivity (Wildman–Crippen MR) is 94.6 cm³/mol. The minimum absolute atomic E-state index is 0.165. The fraction of sp³-hybridized carbons (Fsp3) is 0.100. The first-order chi connectivity index (χ1) is 13.1. The van der Waals surface area contributed by atoms with Crippen LogP contribution >= 0.6 is 0 Å². The molecule has 0 N–H and O–H groups in total. The fourth-order valence-electron chi connectivity index (χ4n) is 1.74. The Bertz CT molecular complexity index is 782. The number of hydrogen-bond donors (Lipinski definition) is 0. The van der Waals surface area contributed by atoms with Crippen LogP contribution in [0.3, 0.4) is 0 Å². The topological polar surface area (TPSA) is 80.3 Å². The van der Waals surface area contributed by atoms with Gasteiger partial charge in [0.1, 0.15) is 23.0 Å². The van der Waals surface area contributed by atoms with Crippen LogP contribution in [0.25, 0.3) is 0 Å². The van der Waals surface area contributed by atoms with E-state index < -0.39 is 12.3 Å². The van der Waals surface area contributed by atoms with E-state index >= 15 is 0 Å². The highest BCUT2D eigenvalue weighted by molar-refractivity contribution is 5.64. The Morgan fingerprint density at radius 3 is 1.33 bits per heavy atom. The van der Waals surface area contributed by atoms with E-state index in [0.717, 1.165) is 0 Å². The van der Waals surface area contributed by atoms with Crippen LogP contribution < -0.4 is 14.2 Å². The zero-order chi connectivity index (χ0) is 19.5. The lowest BCUT2D eigenvalue weighted by atomic mass is 10.3. The first kappa shape index (κ1) is 19.2. The fourth-order valence-corrected chi connectivity index (χ4v) is 1.74. The molecule has 136 valence electrons. The van der Waals surface area contributed by atoms with Crippen LogP contribution in [-0.2, 0) is 9.47 Å². The summed E-state index contributed by atoms with van der Waals surface area (Å²) in [6, 6.07) is 12.5. The van der Waals surface area contributed by atoms with Crippen LogP contribution in [-0.4, -0.2) is 25.5 Å². The zero-order valence-electron chi connectivity index (χ0n) is 14.0. The predicted octanol–water partition coefficient (Wildman–Crippen LogP) is 3.78. The number of terminal acetylenes is 2. The summed E-state index contributed by atoms with van der Waals surface area (Å²) < 4.78 is 24.7. The summed E-state index contributed by atoms with van der Waals surface area (Å²) in [5.74, 6) is 5.87. The van der Waals surface area contributed by atoms with Crippen molar-refractivity contribution in [3.63, 3.8) is 0 Å². The molecule has 0 saturated heterocycles. The van der Waals surface area contributed by atoms with Crippen molar-refractivity contribution in [3.05, 3.63) is 48.5 Å². The van der Waals surface area contributed by atoms with Gasteiger partial charge in [-0.15, -0.1) is 12.8 Å². The molecule has 0 radical (unpaired) electrons. The van der Waals surface area contributed by atoms with Crippen molar-refractivity contribution < 1.29 is 33.3 Å². The maximum atomic E-state index is 11.3. The van der Waals surface area contributed by atoms with Gasteiger partial charge in [0.05, 0.1) is 0 Å². The largest absolute Gasteiger partial charge is 0.514 e. The molecule has 0 atom stereocenters. The minimum Gasteiger partial charge on any atom is -0.457 e. The Morgan fingerprint density at radius 1 is 0.667 bits per heavy atom. The maximum Gasteiger partial charge on any atom is 0.514 e. The molecule has 7 heteroatoms. The molecule has 7 nitrogen and oxygen atoms in total. The summed E-state index contributed by atoms with van der Waals surface area (Å²) >= 11 is 0. The Kier molecular flexibility index (Phi) is 7.13. The number of ether oxygens (including phenoxy) is 5. The van der Waals surface area contributed by atoms with Gasteiger partial charge in [0.15, 0.2) is 13.2 Å². The van der Waals surface area contributed by atoms with Gasteiger partial charge in [-0.3, -0.25) is 0 Å². The van der Waals surface area contributed by atoms with Gasteiger partial charge in [-0.05, 0) is 48.5 Å². The molecular weight excluding hydrogens is 352 g/mol. The molecule has 2 aromatic rings. The lowest BCUT2D eigenvalue weighted by Crippen LogP contribution is -2.10. The smallest absolute Gasteiger partial charge is 0.457 e. The number of carbonyl (C=O) groups excluding carboxylic acids is 2. The Labute approximate surface area is 155 Å². The summed E-state index contributed by atoms with van der Waals surface area (Å²) in [5, 5.41) is 0. The molecule has 0 saturated carbocycles. The normalized spacial score (nSPS) is 9.26. The van der Waals surface area contributed by atoms with Gasteiger partial charge in [-0.25, -0.2) is 9.59 Å². The zero-order valence-corrected chi connectivity index (χ0v) is 14.0.